The minimum absolute atomic E-state index is 0.0871. The van der Waals surface area contributed by atoms with Gasteiger partial charge in [-0.1, -0.05) is 12.1 Å². The molecule has 0 radical (unpaired) electrons. The number of carboxylic acids is 1. The normalized spacial score (nSPS) is 18.9. The first-order chi connectivity index (χ1) is 9.09. The van der Waals surface area contributed by atoms with Crippen LogP contribution < -0.4 is 10.6 Å². The maximum atomic E-state index is 12.1. The standard InChI is InChI=1S/C14H18N2O3/c1-9-4-2-6-11(12(9)14(18)19)16-13(17)10-5-3-7-15-8-10/h2,4,6,10,15H,3,5,7-8H2,1H3,(H,16,17)(H,18,19)/t10-/m1/s1. The summed E-state index contributed by atoms with van der Waals surface area (Å²) in [4.78, 5) is 23.3. The second-order valence-corrected chi connectivity index (χ2v) is 4.84. The Morgan fingerprint density at radius 3 is 2.84 bits per heavy atom. The van der Waals surface area contributed by atoms with E-state index in [2.05, 4.69) is 10.6 Å². The number of aromatic carboxylic acids is 1. The molecule has 5 nitrogen and oxygen atoms in total. The average Bonchev–Trinajstić information content (AvgIpc) is 2.39. The lowest BCUT2D eigenvalue weighted by Gasteiger charge is -2.22. The van der Waals surface area contributed by atoms with Crippen LogP contribution in [0.4, 0.5) is 5.69 Å². The van der Waals surface area contributed by atoms with Gasteiger partial charge in [-0.15, -0.1) is 0 Å². The quantitative estimate of drug-likeness (QED) is 0.773. The zero-order valence-electron chi connectivity index (χ0n) is 10.9. The monoisotopic (exact) mass is 262 g/mol. The molecule has 1 fully saturated rings. The van der Waals surface area contributed by atoms with Crippen LogP contribution in [0, 0.1) is 12.8 Å². The zero-order valence-corrected chi connectivity index (χ0v) is 10.9. The molecule has 0 unspecified atom stereocenters. The maximum Gasteiger partial charge on any atom is 0.338 e. The Morgan fingerprint density at radius 1 is 1.42 bits per heavy atom. The maximum absolute atomic E-state index is 12.1. The van der Waals surface area contributed by atoms with E-state index in [1.807, 2.05) is 0 Å². The Balaban J connectivity index is 2.16. The Morgan fingerprint density at radius 2 is 2.21 bits per heavy atom. The van der Waals surface area contributed by atoms with Gasteiger partial charge in [-0.3, -0.25) is 4.79 Å². The molecule has 2 rings (SSSR count). The molecule has 0 saturated carbocycles. The Hall–Kier alpha value is -1.88. The highest BCUT2D eigenvalue weighted by Crippen LogP contribution is 2.21. The van der Waals surface area contributed by atoms with E-state index in [0.717, 1.165) is 19.4 Å². The number of carbonyl (C=O) groups excluding carboxylic acids is 1. The van der Waals surface area contributed by atoms with E-state index >= 15 is 0 Å². The van der Waals surface area contributed by atoms with Crippen molar-refractivity contribution in [2.45, 2.75) is 19.8 Å². The number of nitrogens with one attached hydrogen (secondary N) is 2. The van der Waals surface area contributed by atoms with E-state index in [1.54, 1.807) is 25.1 Å². The molecule has 5 heteroatoms. The molecule has 1 aromatic rings. The van der Waals surface area contributed by atoms with E-state index in [4.69, 9.17) is 0 Å². The molecule has 0 spiro atoms. The first kappa shape index (κ1) is 13.5. The van der Waals surface area contributed by atoms with Gasteiger partial charge in [0, 0.05) is 6.54 Å². The molecule has 1 heterocycles. The van der Waals surface area contributed by atoms with Crippen molar-refractivity contribution in [2.24, 2.45) is 5.92 Å². The van der Waals surface area contributed by atoms with Crippen molar-refractivity contribution in [1.29, 1.82) is 0 Å². The SMILES string of the molecule is Cc1cccc(NC(=O)[C@@H]2CCCNC2)c1C(=O)O. The van der Waals surface area contributed by atoms with E-state index in [0.29, 0.717) is 17.8 Å². The lowest BCUT2D eigenvalue weighted by Crippen LogP contribution is -2.37. The fourth-order valence-corrected chi connectivity index (χ4v) is 2.37. The minimum atomic E-state index is -1.02. The Labute approximate surface area is 112 Å². The first-order valence-electron chi connectivity index (χ1n) is 6.44. The third-order valence-electron chi connectivity index (χ3n) is 3.41. The highest BCUT2D eigenvalue weighted by atomic mass is 16.4. The molecule has 19 heavy (non-hydrogen) atoms. The smallest absolute Gasteiger partial charge is 0.338 e. The molecule has 1 amide bonds. The van der Waals surface area contributed by atoms with Gasteiger partial charge in [-0.2, -0.15) is 0 Å². The predicted molar refractivity (Wildman–Crippen MR) is 72.4 cm³/mol. The third kappa shape index (κ3) is 3.12. The van der Waals surface area contributed by atoms with E-state index in [-0.39, 0.29) is 17.4 Å². The van der Waals surface area contributed by atoms with Crippen molar-refractivity contribution in [3.63, 3.8) is 0 Å². The summed E-state index contributed by atoms with van der Waals surface area (Å²) in [7, 11) is 0. The number of hydrogen-bond donors (Lipinski definition) is 3. The zero-order chi connectivity index (χ0) is 13.8. The van der Waals surface area contributed by atoms with Crippen LogP contribution in [0.1, 0.15) is 28.8 Å². The molecular formula is C14H18N2O3. The number of rotatable bonds is 3. The van der Waals surface area contributed by atoms with Crippen LogP contribution in [0.5, 0.6) is 0 Å². The molecule has 102 valence electrons. The van der Waals surface area contributed by atoms with Gasteiger partial charge in [0.05, 0.1) is 17.2 Å². The summed E-state index contributed by atoms with van der Waals surface area (Å²) in [6.07, 6.45) is 1.81. The van der Waals surface area contributed by atoms with Crippen LogP contribution in [0.15, 0.2) is 18.2 Å². The fourth-order valence-electron chi connectivity index (χ4n) is 2.37. The molecule has 1 aliphatic rings. The molecule has 0 aromatic heterocycles. The molecular weight excluding hydrogens is 244 g/mol. The number of carbonyl (C=O) groups is 2. The summed E-state index contributed by atoms with van der Waals surface area (Å²) in [6, 6.07) is 5.10. The van der Waals surface area contributed by atoms with Crippen molar-refractivity contribution >= 4 is 17.6 Å². The predicted octanol–water partition coefficient (Wildman–Crippen LogP) is 1.63. The molecule has 1 saturated heterocycles. The molecule has 1 aliphatic heterocycles. The summed E-state index contributed by atoms with van der Waals surface area (Å²) in [5.41, 5.74) is 1.19. The van der Waals surface area contributed by atoms with Crippen molar-refractivity contribution in [2.75, 3.05) is 18.4 Å². The van der Waals surface area contributed by atoms with Crippen LogP contribution in [0.2, 0.25) is 0 Å². The van der Waals surface area contributed by atoms with Gasteiger partial charge >= 0.3 is 5.97 Å². The van der Waals surface area contributed by atoms with Crippen LogP contribution in [0.3, 0.4) is 0 Å². The van der Waals surface area contributed by atoms with Crippen LogP contribution in [0.25, 0.3) is 0 Å². The summed E-state index contributed by atoms with van der Waals surface area (Å²) in [6.45, 7) is 3.32. The number of aryl methyl sites for hydroxylation is 1. The second kappa shape index (κ2) is 5.84. The van der Waals surface area contributed by atoms with Crippen molar-refractivity contribution in [3.05, 3.63) is 29.3 Å². The number of amides is 1. The number of carboxylic acid groups (broad SMARTS) is 1. The molecule has 1 aromatic carbocycles. The Bertz CT molecular complexity index is 493. The van der Waals surface area contributed by atoms with E-state index in [1.165, 1.54) is 0 Å². The van der Waals surface area contributed by atoms with Crippen LogP contribution in [-0.2, 0) is 4.79 Å². The van der Waals surface area contributed by atoms with Gasteiger partial charge < -0.3 is 15.7 Å². The van der Waals surface area contributed by atoms with Crippen LogP contribution in [-0.4, -0.2) is 30.1 Å². The van der Waals surface area contributed by atoms with Crippen molar-refractivity contribution in [3.8, 4) is 0 Å². The lowest BCUT2D eigenvalue weighted by molar-refractivity contribution is -0.120. The van der Waals surface area contributed by atoms with Gasteiger partial charge in [-0.25, -0.2) is 4.79 Å². The van der Waals surface area contributed by atoms with Gasteiger partial charge in [0.1, 0.15) is 0 Å². The highest BCUT2D eigenvalue weighted by Gasteiger charge is 2.22. The van der Waals surface area contributed by atoms with Gasteiger partial charge in [0.2, 0.25) is 5.91 Å². The van der Waals surface area contributed by atoms with Crippen LogP contribution >= 0.6 is 0 Å². The van der Waals surface area contributed by atoms with Gasteiger partial charge in [0.25, 0.3) is 0 Å². The van der Waals surface area contributed by atoms with Gasteiger partial charge in [0.15, 0.2) is 0 Å². The third-order valence-corrected chi connectivity index (χ3v) is 3.41. The second-order valence-electron chi connectivity index (χ2n) is 4.84. The largest absolute Gasteiger partial charge is 0.478 e. The number of anilines is 1. The average molecular weight is 262 g/mol. The van der Waals surface area contributed by atoms with Crippen molar-refractivity contribution in [1.82, 2.24) is 5.32 Å². The number of benzene rings is 1. The van der Waals surface area contributed by atoms with Gasteiger partial charge in [-0.05, 0) is 37.9 Å². The summed E-state index contributed by atoms with van der Waals surface area (Å²) in [5, 5.41) is 15.1. The Kier molecular flexibility index (Phi) is 4.16. The fraction of sp³-hybridized carbons (Fsp3) is 0.429. The number of hydrogen-bond acceptors (Lipinski definition) is 3. The van der Waals surface area contributed by atoms with E-state index < -0.39 is 5.97 Å². The lowest BCUT2D eigenvalue weighted by atomic mass is 9.98. The number of piperidine rings is 1. The molecule has 3 N–H and O–H groups in total. The minimum Gasteiger partial charge on any atom is -0.478 e. The molecule has 1 atom stereocenters. The molecule has 0 bridgehead atoms. The molecule has 0 aliphatic carbocycles. The highest BCUT2D eigenvalue weighted by molar-refractivity contribution is 6.02. The summed E-state index contributed by atoms with van der Waals surface area (Å²) >= 11 is 0. The summed E-state index contributed by atoms with van der Waals surface area (Å²) in [5.74, 6) is -1.22. The summed E-state index contributed by atoms with van der Waals surface area (Å²) < 4.78 is 0. The first-order valence-corrected chi connectivity index (χ1v) is 6.44. The topological polar surface area (TPSA) is 78.4 Å². The van der Waals surface area contributed by atoms with Crippen molar-refractivity contribution < 1.29 is 14.7 Å². The van der Waals surface area contributed by atoms with E-state index in [9.17, 15) is 14.7 Å².